The standard InChI is InChI=1S/C18H24N4O2S/c1-20-13-12-22(10-9-21-7-3-2-4-8-21)17(23)15(13)16(19-18(20)24)14-6-5-11-25-14/h5-6,11,16H,2-4,7-10,12H2,1H3,(H,19,24)/t16-/m1/s1. The van der Waals surface area contributed by atoms with Crippen LogP contribution in [0.2, 0.25) is 0 Å². The lowest BCUT2D eigenvalue weighted by Gasteiger charge is -2.30. The predicted molar refractivity (Wildman–Crippen MR) is 97.3 cm³/mol. The first-order valence-electron chi connectivity index (χ1n) is 8.97. The molecular formula is C18H24N4O2S. The van der Waals surface area contributed by atoms with E-state index in [0.717, 1.165) is 42.3 Å². The summed E-state index contributed by atoms with van der Waals surface area (Å²) in [6.07, 6.45) is 3.82. The molecule has 4 rings (SSSR count). The van der Waals surface area contributed by atoms with Gasteiger partial charge in [0.25, 0.3) is 5.91 Å². The number of carbonyl (C=O) groups is 2. The number of hydrogen-bond acceptors (Lipinski definition) is 4. The molecule has 0 radical (unpaired) electrons. The summed E-state index contributed by atoms with van der Waals surface area (Å²) in [7, 11) is 1.75. The molecule has 6 nitrogen and oxygen atoms in total. The molecule has 1 atom stereocenters. The molecule has 134 valence electrons. The van der Waals surface area contributed by atoms with Crippen molar-refractivity contribution < 1.29 is 9.59 Å². The SMILES string of the molecule is CN1C(=O)N[C@H](c2cccs2)C2=C1CN(CCN1CCCCC1)C2=O. The highest BCUT2D eigenvalue weighted by Crippen LogP contribution is 2.37. The van der Waals surface area contributed by atoms with Gasteiger partial charge in [-0.1, -0.05) is 12.5 Å². The first-order valence-corrected chi connectivity index (χ1v) is 9.85. The molecule has 0 unspecified atom stereocenters. The number of rotatable bonds is 4. The van der Waals surface area contributed by atoms with Crippen molar-refractivity contribution in [1.82, 2.24) is 20.0 Å². The highest BCUT2D eigenvalue weighted by atomic mass is 32.1. The fourth-order valence-electron chi connectivity index (χ4n) is 3.92. The first kappa shape index (κ1) is 16.6. The molecule has 1 aromatic heterocycles. The van der Waals surface area contributed by atoms with Crippen LogP contribution in [-0.4, -0.2) is 66.4 Å². The lowest BCUT2D eigenvalue weighted by Crippen LogP contribution is -2.45. The third-order valence-corrected chi connectivity index (χ3v) is 6.33. The van der Waals surface area contributed by atoms with E-state index in [4.69, 9.17) is 0 Å². The number of likely N-dealkylation sites (N-methyl/N-ethyl adjacent to an activating group) is 1. The van der Waals surface area contributed by atoms with E-state index in [-0.39, 0.29) is 18.0 Å². The van der Waals surface area contributed by atoms with Crippen molar-refractivity contribution in [2.24, 2.45) is 0 Å². The van der Waals surface area contributed by atoms with Crippen LogP contribution in [0.15, 0.2) is 28.8 Å². The molecule has 25 heavy (non-hydrogen) atoms. The predicted octanol–water partition coefficient (Wildman–Crippen LogP) is 2.03. The molecular weight excluding hydrogens is 336 g/mol. The Kier molecular flexibility index (Phi) is 4.52. The summed E-state index contributed by atoms with van der Waals surface area (Å²) in [4.78, 5) is 32.3. The van der Waals surface area contributed by atoms with Gasteiger partial charge in [-0.25, -0.2) is 4.79 Å². The number of urea groups is 1. The highest BCUT2D eigenvalue weighted by Gasteiger charge is 2.43. The Hall–Kier alpha value is -1.86. The largest absolute Gasteiger partial charge is 0.332 e. The third-order valence-electron chi connectivity index (χ3n) is 5.40. The normalized spacial score (nSPS) is 24.8. The summed E-state index contributed by atoms with van der Waals surface area (Å²) in [5, 5.41) is 4.96. The minimum atomic E-state index is -0.314. The van der Waals surface area contributed by atoms with E-state index in [0.29, 0.717) is 6.54 Å². The number of nitrogens with zero attached hydrogens (tertiary/aromatic N) is 3. The van der Waals surface area contributed by atoms with Crippen LogP contribution >= 0.6 is 11.3 Å². The van der Waals surface area contributed by atoms with Gasteiger partial charge in [-0.15, -0.1) is 11.3 Å². The number of nitrogens with one attached hydrogen (secondary N) is 1. The van der Waals surface area contributed by atoms with Crippen molar-refractivity contribution in [2.45, 2.75) is 25.3 Å². The van der Waals surface area contributed by atoms with E-state index in [1.165, 1.54) is 19.3 Å². The van der Waals surface area contributed by atoms with Crippen molar-refractivity contribution in [3.05, 3.63) is 33.7 Å². The smallest absolute Gasteiger partial charge is 0.322 e. The lowest BCUT2D eigenvalue weighted by atomic mass is 10.0. The minimum absolute atomic E-state index is 0.0669. The molecule has 1 aromatic rings. The van der Waals surface area contributed by atoms with E-state index < -0.39 is 0 Å². The Labute approximate surface area is 152 Å². The van der Waals surface area contributed by atoms with Crippen LogP contribution in [-0.2, 0) is 4.79 Å². The monoisotopic (exact) mass is 360 g/mol. The summed E-state index contributed by atoms with van der Waals surface area (Å²) < 4.78 is 0. The topological polar surface area (TPSA) is 55.9 Å². The van der Waals surface area contributed by atoms with Gasteiger partial charge in [0.05, 0.1) is 23.9 Å². The van der Waals surface area contributed by atoms with E-state index >= 15 is 0 Å². The van der Waals surface area contributed by atoms with Crippen LogP contribution in [0.5, 0.6) is 0 Å². The van der Waals surface area contributed by atoms with Crippen LogP contribution in [0.25, 0.3) is 0 Å². The van der Waals surface area contributed by atoms with Crippen molar-refractivity contribution >= 4 is 23.3 Å². The summed E-state index contributed by atoms with van der Waals surface area (Å²) in [5.41, 5.74) is 1.59. The Morgan fingerprint density at radius 1 is 1.20 bits per heavy atom. The average Bonchev–Trinajstić information content (AvgIpc) is 3.26. The molecule has 7 heteroatoms. The summed E-state index contributed by atoms with van der Waals surface area (Å²) in [6, 6.07) is 3.49. The summed E-state index contributed by atoms with van der Waals surface area (Å²) in [6.45, 7) is 4.44. The zero-order chi connectivity index (χ0) is 17.4. The van der Waals surface area contributed by atoms with Gasteiger partial charge in [-0.05, 0) is 37.4 Å². The van der Waals surface area contributed by atoms with Gasteiger partial charge in [0, 0.05) is 25.0 Å². The van der Waals surface area contributed by atoms with Crippen molar-refractivity contribution in [3.63, 3.8) is 0 Å². The van der Waals surface area contributed by atoms with Gasteiger partial charge in [0.1, 0.15) is 0 Å². The second-order valence-electron chi connectivity index (χ2n) is 6.95. The minimum Gasteiger partial charge on any atom is -0.332 e. The Balaban J connectivity index is 1.51. The molecule has 0 aliphatic carbocycles. The first-order chi connectivity index (χ1) is 12.1. The second-order valence-corrected chi connectivity index (χ2v) is 7.93. The van der Waals surface area contributed by atoms with Crippen LogP contribution in [0.1, 0.15) is 30.2 Å². The average molecular weight is 360 g/mol. The number of amides is 3. The van der Waals surface area contributed by atoms with Crippen LogP contribution in [0.4, 0.5) is 4.79 Å². The Bertz CT molecular complexity index is 694. The van der Waals surface area contributed by atoms with Crippen LogP contribution in [0.3, 0.4) is 0 Å². The zero-order valence-electron chi connectivity index (χ0n) is 14.5. The number of thiophene rings is 1. The fourth-order valence-corrected chi connectivity index (χ4v) is 4.70. The third kappa shape index (κ3) is 3.06. The Morgan fingerprint density at radius 2 is 2.00 bits per heavy atom. The van der Waals surface area contributed by atoms with Gasteiger partial charge < -0.3 is 15.1 Å². The maximum Gasteiger partial charge on any atom is 0.322 e. The van der Waals surface area contributed by atoms with Gasteiger partial charge in [0.2, 0.25) is 0 Å². The maximum absolute atomic E-state index is 13.0. The number of hydrogen-bond donors (Lipinski definition) is 1. The van der Waals surface area contributed by atoms with Crippen LogP contribution < -0.4 is 5.32 Å². The number of likely N-dealkylation sites (tertiary alicyclic amines) is 1. The maximum atomic E-state index is 13.0. The van der Waals surface area contributed by atoms with E-state index in [9.17, 15) is 9.59 Å². The highest BCUT2D eigenvalue weighted by molar-refractivity contribution is 7.10. The molecule has 4 heterocycles. The molecule has 3 aliphatic heterocycles. The quantitative estimate of drug-likeness (QED) is 0.894. The van der Waals surface area contributed by atoms with Crippen LogP contribution in [0, 0.1) is 0 Å². The van der Waals surface area contributed by atoms with E-state index in [1.54, 1.807) is 23.3 Å². The molecule has 1 saturated heterocycles. The second kappa shape index (κ2) is 6.80. The van der Waals surface area contributed by atoms with E-state index in [1.807, 2.05) is 22.4 Å². The molecule has 1 N–H and O–H groups in total. The zero-order valence-corrected chi connectivity index (χ0v) is 15.3. The summed E-state index contributed by atoms with van der Waals surface area (Å²) >= 11 is 1.57. The van der Waals surface area contributed by atoms with Gasteiger partial charge >= 0.3 is 6.03 Å². The molecule has 0 saturated carbocycles. The van der Waals surface area contributed by atoms with Crippen molar-refractivity contribution in [2.75, 3.05) is 39.8 Å². The molecule has 0 spiro atoms. The summed E-state index contributed by atoms with van der Waals surface area (Å²) in [5.74, 6) is 0.0669. The number of piperidine rings is 1. The number of carbonyl (C=O) groups excluding carboxylic acids is 2. The van der Waals surface area contributed by atoms with Gasteiger partial charge in [-0.3, -0.25) is 9.69 Å². The molecule has 0 bridgehead atoms. The van der Waals surface area contributed by atoms with Crippen molar-refractivity contribution in [3.8, 4) is 0 Å². The molecule has 3 aliphatic rings. The molecule has 1 fully saturated rings. The fraction of sp³-hybridized carbons (Fsp3) is 0.556. The van der Waals surface area contributed by atoms with Gasteiger partial charge in [-0.2, -0.15) is 0 Å². The molecule has 0 aromatic carbocycles. The van der Waals surface area contributed by atoms with Crippen molar-refractivity contribution in [1.29, 1.82) is 0 Å². The Morgan fingerprint density at radius 3 is 2.72 bits per heavy atom. The molecule has 3 amide bonds. The van der Waals surface area contributed by atoms with E-state index in [2.05, 4.69) is 10.2 Å². The van der Waals surface area contributed by atoms with Gasteiger partial charge in [0.15, 0.2) is 0 Å². The lowest BCUT2D eigenvalue weighted by molar-refractivity contribution is -0.126.